The van der Waals surface area contributed by atoms with E-state index in [1.165, 1.54) is 31.6 Å². The van der Waals surface area contributed by atoms with Gasteiger partial charge in [0.1, 0.15) is 0 Å². The Balaban J connectivity index is 2.05. The van der Waals surface area contributed by atoms with Crippen LogP contribution < -0.4 is 5.32 Å². The van der Waals surface area contributed by atoms with Crippen molar-refractivity contribution in [1.82, 2.24) is 5.32 Å². The Hall–Kier alpha value is 0.310. The molecule has 0 aromatic carbocycles. The number of hydrogen-bond acceptors (Lipinski definition) is 2. The molecule has 0 unspecified atom stereocenters. The smallest absolute Gasteiger partial charge is 0.0158 e. The summed E-state index contributed by atoms with van der Waals surface area (Å²) >= 11 is 2.08. The van der Waals surface area contributed by atoms with Crippen LogP contribution in [0.2, 0.25) is 0 Å². The van der Waals surface area contributed by atoms with Gasteiger partial charge >= 0.3 is 0 Å². The van der Waals surface area contributed by atoms with Gasteiger partial charge in [0.2, 0.25) is 0 Å². The molecule has 1 aliphatic heterocycles. The molecule has 2 heteroatoms. The van der Waals surface area contributed by atoms with Gasteiger partial charge in [0.15, 0.2) is 0 Å². The van der Waals surface area contributed by atoms with Crippen LogP contribution in [0.1, 0.15) is 33.1 Å². The SMILES string of the molecule is CC(C)SC[C@H]1CCCCN1. The number of rotatable bonds is 3. The molecule has 0 aromatic heterocycles. The minimum absolute atomic E-state index is 0.790. The Kier molecular flexibility index (Phi) is 4.31. The topological polar surface area (TPSA) is 12.0 Å². The van der Waals surface area contributed by atoms with Crippen LogP contribution in [-0.2, 0) is 0 Å². The van der Waals surface area contributed by atoms with Crippen molar-refractivity contribution < 1.29 is 0 Å². The summed E-state index contributed by atoms with van der Waals surface area (Å²) in [5, 5.41) is 4.34. The highest BCUT2D eigenvalue weighted by molar-refractivity contribution is 7.99. The highest BCUT2D eigenvalue weighted by Gasteiger charge is 2.12. The van der Waals surface area contributed by atoms with Crippen molar-refractivity contribution in [2.24, 2.45) is 0 Å². The van der Waals surface area contributed by atoms with Crippen molar-refractivity contribution in [1.29, 1.82) is 0 Å². The van der Waals surface area contributed by atoms with Crippen LogP contribution in [0.4, 0.5) is 0 Å². The van der Waals surface area contributed by atoms with Crippen molar-refractivity contribution in [3.8, 4) is 0 Å². The van der Waals surface area contributed by atoms with E-state index < -0.39 is 0 Å². The van der Waals surface area contributed by atoms with Crippen LogP contribution in [0.3, 0.4) is 0 Å². The molecule has 1 fully saturated rings. The number of thioether (sulfide) groups is 1. The monoisotopic (exact) mass is 173 g/mol. The first-order valence-corrected chi connectivity index (χ1v) is 5.69. The molecule has 0 bridgehead atoms. The third-order valence-electron chi connectivity index (χ3n) is 2.04. The van der Waals surface area contributed by atoms with Crippen LogP contribution in [-0.4, -0.2) is 23.6 Å². The Morgan fingerprint density at radius 2 is 2.27 bits per heavy atom. The standard InChI is InChI=1S/C9H19NS/c1-8(2)11-7-9-5-3-4-6-10-9/h8-10H,3-7H2,1-2H3/t9-/m1/s1. The lowest BCUT2D eigenvalue weighted by atomic mass is 10.1. The molecule has 0 aliphatic carbocycles. The van der Waals surface area contributed by atoms with Gasteiger partial charge < -0.3 is 5.32 Å². The van der Waals surface area contributed by atoms with E-state index in [-0.39, 0.29) is 0 Å². The molecule has 1 heterocycles. The molecule has 1 atom stereocenters. The second-order valence-corrected chi connectivity index (χ2v) is 5.14. The predicted molar refractivity (Wildman–Crippen MR) is 53.2 cm³/mol. The summed E-state index contributed by atoms with van der Waals surface area (Å²) < 4.78 is 0. The number of hydrogen-bond donors (Lipinski definition) is 1. The normalized spacial score (nSPS) is 25.9. The molecule has 1 N–H and O–H groups in total. The third kappa shape index (κ3) is 4.02. The molecule has 1 aliphatic rings. The lowest BCUT2D eigenvalue weighted by Gasteiger charge is -2.23. The molecule has 0 spiro atoms. The van der Waals surface area contributed by atoms with Gasteiger partial charge in [-0.1, -0.05) is 20.3 Å². The van der Waals surface area contributed by atoms with Crippen LogP contribution >= 0.6 is 11.8 Å². The van der Waals surface area contributed by atoms with Gasteiger partial charge in [0.05, 0.1) is 0 Å². The molecule has 1 nitrogen and oxygen atoms in total. The first kappa shape index (κ1) is 9.40. The first-order chi connectivity index (χ1) is 5.29. The largest absolute Gasteiger partial charge is 0.313 e. The van der Waals surface area contributed by atoms with Crippen molar-refractivity contribution in [3.05, 3.63) is 0 Å². The second-order valence-electron chi connectivity index (χ2n) is 3.53. The van der Waals surface area contributed by atoms with E-state index in [0.29, 0.717) is 0 Å². The number of nitrogens with one attached hydrogen (secondary N) is 1. The van der Waals surface area contributed by atoms with Crippen molar-refractivity contribution in [3.63, 3.8) is 0 Å². The third-order valence-corrected chi connectivity index (χ3v) is 3.30. The van der Waals surface area contributed by atoms with E-state index in [1.807, 2.05) is 0 Å². The Labute approximate surface area is 74.3 Å². The zero-order valence-electron chi connectivity index (χ0n) is 7.60. The molecular weight excluding hydrogens is 154 g/mol. The fourth-order valence-corrected chi connectivity index (χ4v) is 2.28. The van der Waals surface area contributed by atoms with Crippen LogP contribution in [0.25, 0.3) is 0 Å². The molecule has 66 valence electrons. The summed E-state index contributed by atoms with van der Waals surface area (Å²) in [5.74, 6) is 1.30. The fourth-order valence-electron chi connectivity index (χ4n) is 1.37. The fraction of sp³-hybridized carbons (Fsp3) is 1.00. The predicted octanol–water partition coefficient (Wildman–Crippen LogP) is 2.27. The molecule has 0 saturated carbocycles. The van der Waals surface area contributed by atoms with E-state index in [0.717, 1.165) is 11.3 Å². The van der Waals surface area contributed by atoms with Crippen molar-refractivity contribution >= 4 is 11.8 Å². The molecule has 1 saturated heterocycles. The van der Waals surface area contributed by atoms with Crippen LogP contribution in [0, 0.1) is 0 Å². The second kappa shape index (κ2) is 5.04. The minimum atomic E-state index is 0.790. The molecule has 0 aromatic rings. The average molecular weight is 173 g/mol. The van der Waals surface area contributed by atoms with Gasteiger partial charge in [-0.25, -0.2) is 0 Å². The Morgan fingerprint density at radius 3 is 2.82 bits per heavy atom. The number of piperidine rings is 1. The summed E-state index contributed by atoms with van der Waals surface area (Å²) in [6.07, 6.45) is 4.19. The quantitative estimate of drug-likeness (QED) is 0.702. The molecular formula is C9H19NS. The lowest BCUT2D eigenvalue weighted by molar-refractivity contribution is 0.429. The van der Waals surface area contributed by atoms with Crippen molar-refractivity contribution in [2.75, 3.05) is 12.3 Å². The Bertz CT molecular complexity index is 97.7. The maximum Gasteiger partial charge on any atom is 0.0158 e. The first-order valence-electron chi connectivity index (χ1n) is 4.64. The summed E-state index contributed by atoms with van der Waals surface area (Å²) in [4.78, 5) is 0. The highest BCUT2D eigenvalue weighted by Crippen LogP contribution is 2.15. The zero-order valence-corrected chi connectivity index (χ0v) is 8.41. The van der Waals surface area contributed by atoms with Gasteiger partial charge in [0, 0.05) is 11.8 Å². The highest BCUT2D eigenvalue weighted by atomic mass is 32.2. The van der Waals surface area contributed by atoms with Gasteiger partial charge in [-0.15, -0.1) is 0 Å². The van der Waals surface area contributed by atoms with Crippen LogP contribution in [0.15, 0.2) is 0 Å². The maximum absolute atomic E-state index is 3.55. The summed E-state index contributed by atoms with van der Waals surface area (Å²) in [6.45, 7) is 5.78. The molecule has 0 amide bonds. The van der Waals surface area contributed by atoms with E-state index in [1.54, 1.807) is 0 Å². The maximum atomic E-state index is 3.55. The van der Waals surface area contributed by atoms with E-state index in [4.69, 9.17) is 0 Å². The zero-order chi connectivity index (χ0) is 8.10. The van der Waals surface area contributed by atoms with E-state index in [2.05, 4.69) is 30.9 Å². The molecule has 11 heavy (non-hydrogen) atoms. The summed E-state index contributed by atoms with van der Waals surface area (Å²) in [7, 11) is 0. The lowest BCUT2D eigenvalue weighted by Crippen LogP contribution is -2.36. The average Bonchev–Trinajstić information content (AvgIpc) is 2.03. The summed E-state index contributed by atoms with van der Waals surface area (Å²) in [6, 6.07) is 0.802. The van der Waals surface area contributed by atoms with E-state index in [9.17, 15) is 0 Å². The van der Waals surface area contributed by atoms with Crippen LogP contribution in [0.5, 0.6) is 0 Å². The van der Waals surface area contributed by atoms with Gasteiger partial charge in [-0.05, 0) is 24.6 Å². The summed E-state index contributed by atoms with van der Waals surface area (Å²) in [5.41, 5.74) is 0. The van der Waals surface area contributed by atoms with Gasteiger partial charge in [-0.2, -0.15) is 11.8 Å². The van der Waals surface area contributed by atoms with Crippen molar-refractivity contribution in [2.45, 2.75) is 44.4 Å². The van der Waals surface area contributed by atoms with E-state index >= 15 is 0 Å². The Morgan fingerprint density at radius 1 is 1.45 bits per heavy atom. The molecule has 1 rings (SSSR count). The van der Waals surface area contributed by atoms with Gasteiger partial charge in [0.25, 0.3) is 0 Å². The minimum Gasteiger partial charge on any atom is -0.313 e. The molecule has 0 radical (unpaired) electrons. The van der Waals surface area contributed by atoms with Gasteiger partial charge in [-0.3, -0.25) is 0 Å².